The van der Waals surface area contributed by atoms with E-state index in [-0.39, 0.29) is 17.9 Å². The fourth-order valence-electron chi connectivity index (χ4n) is 2.10. The van der Waals surface area contributed by atoms with Crippen molar-refractivity contribution in [1.82, 2.24) is 4.90 Å². The van der Waals surface area contributed by atoms with Crippen LogP contribution in [0.1, 0.15) is 40.0 Å². The molecular weight excluding hydrogens is 188 g/mol. The van der Waals surface area contributed by atoms with Gasteiger partial charge in [0.1, 0.15) is 0 Å². The minimum atomic E-state index is -0.305. The van der Waals surface area contributed by atoms with Gasteiger partial charge in [-0.05, 0) is 24.7 Å². The minimum absolute atomic E-state index is 0.149. The van der Waals surface area contributed by atoms with Gasteiger partial charge in [0.2, 0.25) is 5.91 Å². The summed E-state index contributed by atoms with van der Waals surface area (Å²) in [6.07, 6.45) is 3.33. The van der Waals surface area contributed by atoms with Crippen LogP contribution in [0.25, 0.3) is 0 Å². The highest BCUT2D eigenvalue weighted by molar-refractivity contribution is 5.82. The number of carbonyl (C=O) groups excluding carboxylic acids is 1. The van der Waals surface area contributed by atoms with Crippen LogP contribution in [0.5, 0.6) is 0 Å². The molecule has 1 heterocycles. The highest BCUT2D eigenvalue weighted by atomic mass is 16.2. The van der Waals surface area contributed by atoms with Crippen LogP contribution in [0.15, 0.2) is 0 Å². The third kappa shape index (κ3) is 3.20. The van der Waals surface area contributed by atoms with E-state index in [0.717, 1.165) is 25.9 Å². The van der Waals surface area contributed by atoms with E-state index in [1.807, 2.05) is 4.90 Å². The zero-order valence-corrected chi connectivity index (χ0v) is 10.2. The summed E-state index contributed by atoms with van der Waals surface area (Å²) in [6, 6.07) is -0.305. The molecule has 0 unspecified atom stereocenters. The largest absolute Gasteiger partial charge is 0.341 e. The van der Waals surface area contributed by atoms with Crippen LogP contribution in [-0.4, -0.2) is 29.9 Å². The van der Waals surface area contributed by atoms with Gasteiger partial charge in [-0.15, -0.1) is 0 Å². The van der Waals surface area contributed by atoms with Crippen LogP contribution >= 0.6 is 0 Å². The summed E-state index contributed by atoms with van der Waals surface area (Å²) in [4.78, 5) is 14.0. The quantitative estimate of drug-likeness (QED) is 0.772. The lowest BCUT2D eigenvalue weighted by Gasteiger charge is -2.33. The number of likely N-dealkylation sites (tertiary alicyclic amines) is 1. The van der Waals surface area contributed by atoms with E-state index < -0.39 is 0 Å². The molecule has 1 amide bonds. The Morgan fingerprint density at radius 2 is 2.27 bits per heavy atom. The molecule has 0 bridgehead atoms. The van der Waals surface area contributed by atoms with E-state index in [2.05, 4.69) is 20.8 Å². The van der Waals surface area contributed by atoms with Crippen LogP contribution in [0, 0.1) is 11.8 Å². The van der Waals surface area contributed by atoms with Gasteiger partial charge in [0, 0.05) is 13.1 Å². The first-order valence-electron chi connectivity index (χ1n) is 6.10. The second-order valence-corrected chi connectivity index (χ2v) is 4.94. The van der Waals surface area contributed by atoms with Crippen molar-refractivity contribution in [3.63, 3.8) is 0 Å². The summed E-state index contributed by atoms with van der Waals surface area (Å²) < 4.78 is 0. The van der Waals surface area contributed by atoms with Gasteiger partial charge >= 0.3 is 0 Å². The summed E-state index contributed by atoms with van der Waals surface area (Å²) in [5.41, 5.74) is 5.96. The molecule has 3 nitrogen and oxygen atoms in total. The van der Waals surface area contributed by atoms with Crippen LogP contribution in [0.3, 0.4) is 0 Å². The van der Waals surface area contributed by atoms with Crippen LogP contribution in [-0.2, 0) is 4.79 Å². The second-order valence-electron chi connectivity index (χ2n) is 4.94. The lowest BCUT2D eigenvalue weighted by molar-refractivity contribution is -0.135. The molecule has 3 heteroatoms. The Bertz CT molecular complexity index is 218. The third-order valence-electron chi connectivity index (χ3n) is 3.51. The summed E-state index contributed by atoms with van der Waals surface area (Å²) in [5, 5.41) is 0. The lowest BCUT2D eigenvalue weighted by atomic mass is 9.95. The first kappa shape index (κ1) is 12.5. The van der Waals surface area contributed by atoms with E-state index in [4.69, 9.17) is 5.73 Å². The predicted octanol–water partition coefficient (Wildman–Crippen LogP) is 1.62. The van der Waals surface area contributed by atoms with Crippen molar-refractivity contribution in [1.29, 1.82) is 0 Å². The first-order chi connectivity index (χ1) is 7.06. The molecule has 0 aromatic carbocycles. The molecule has 0 radical (unpaired) electrons. The number of hydrogen-bond acceptors (Lipinski definition) is 2. The van der Waals surface area contributed by atoms with Crippen LogP contribution in [0.4, 0.5) is 0 Å². The molecule has 0 aromatic heterocycles. The maximum atomic E-state index is 12.0. The van der Waals surface area contributed by atoms with Gasteiger partial charge in [-0.25, -0.2) is 0 Å². The van der Waals surface area contributed by atoms with Gasteiger partial charge in [-0.1, -0.05) is 27.2 Å². The SMILES string of the molecule is CC[C@H](C)[C@@H](N)C(=O)N1CCC[C@H](C)C1. The smallest absolute Gasteiger partial charge is 0.239 e. The number of nitrogens with zero attached hydrogens (tertiary/aromatic N) is 1. The van der Waals surface area contributed by atoms with E-state index in [1.54, 1.807) is 0 Å². The van der Waals surface area contributed by atoms with Crippen molar-refractivity contribution in [2.45, 2.75) is 46.1 Å². The first-order valence-corrected chi connectivity index (χ1v) is 6.10. The van der Waals surface area contributed by atoms with Crippen molar-refractivity contribution in [3.8, 4) is 0 Å². The molecule has 1 rings (SSSR count). The predicted molar refractivity (Wildman–Crippen MR) is 62.4 cm³/mol. The molecule has 88 valence electrons. The van der Waals surface area contributed by atoms with Crippen molar-refractivity contribution < 1.29 is 4.79 Å². The van der Waals surface area contributed by atoms with Crippen LogP contribution < -0.4 is 5.73 Å². The standard InChI is InChI=1S/C12H24N2O/c1-4-10(3)11(13)12(15)14-7-5-6-9(2)8-14/h9-11H,4-8,13H2,1-3H3/t9-,10-,11+/m0/s1. The van der Waals surface area contributed by atoms with Gasteiger partial charge in [-0.3, -0.25) is 4.79 Å². The maximum absolute atomic E-state index is 12.0. The molecule has 1 saturated heterocycles. The zero-order valence-electron chi connectivity index (χ0n) is 10.2. The van der Waals surface area contributed by atoms with Gasteiger partial charge < -0.3 is 10.6 Å². The second kappa shape index (κ2) is 5.50. The molecule has 1 aliphatic heterocycles. The molecule has 2 N–H and O–H groups in total. The third-order valence-corrected chi connectivity index (χ3v) is 3.51. The summed E-state index contributed by atoms with van der Waals surface area (Å²) in [5.74, 6) is 1.07. The molecule has 3 atom stereocenters. The number of carbonyl (C=O) groups is 1. The van der Waals surface area contributed by atoms with E-state index in [1.165, 1.54) is 6.42 Å². The molecule has 0 spiro atoms. The Morgan fingerprint density at radius 1 is 1.60 bits per heavy atom. The fraction of sp³-hybridized carbons (Fsp3) is 0.917. The van der Waals surface area contributed by atoms with Crippen molar-refractivity contribution in [3.05, 3.63) is 0 Å². The number of piperidine rings is 1. The molecule has 1 aliphatic rings. The molecule has 1 fully saturated rings. The van der Waals surface area contributed by atoms with Crippen LogP contribution in [0.2, 0.25) is 0 Å². The number of nitrogens with two attached hydrogens (primary N) is 1. The summed E-state index contributed by atoms with van der Waals surface area (Å²) >= 11 is 0. The van der Waals surface area contributed by atoms with E-state index in [9.17, 15) is 4.79 Å². The highest BCUT2D eigenvalue weighted by Crippen LogP contribution is 2.17. The van der Waals surface area contributed by atoms with Crippen molar-refractivity contribution >= 4 is 5.91 Å². The average molecular weight is 212 g/mol. The Kier molecular flexibility index (Phi) is 4.58. The number of hydrogen-bond donors (Lipinski definition) is 1. The monoisotopic (exact) mass is 212 g/mol. The fourth-order valence-corrected chi connectivity index (χ4v) is 2.10. The van der Waals surface area contributed by atoms with Crippen molar-refractivity contribution in [2.24, 2.45) is 17.6 Å². The van der Waals surface area contributed by atoms with Gasteiger partial charge in [-0.2, -0.15) is 0 Å². The minimum Gasteiger partial charge on any atom is -0.341 e. The van der Waals surface area contributed by atoms with E-state index in [0.29, 0.717) is 5.92 Å². The molecule has 0 aromatic rings. The van der Waals surface area contributed by atoms with E-state index >= 15 is 0 Å². The van der Waals surface area contributed by atoms with Gasteiger partial charge in [0.25, 0.3) is 0 Å². The summed E-state index contributed by atoms with van der Waals surface area (Å²) in [7, 11) is 0. The average Bonchev–Trinajstić information content (AvgIpc) is 2.26. The Morgan fingerprint density at radius 3 is 2.80 bits per heavy atom. The van der Waals surface area contributed by atoms with Crippen molar-refractivity contribution in [2.75, 3.05) is 13.1 Å². The molecule has 15 heavy (non-hydrogen) atoms. The number of rotatable bonds is 3. The molecule has 0 aliphatic carbocycles. The van der Waals surface area contributed by atoms with Gasteiger partial charge in [0.05, 0.1) is 6.04 Å². The molecule has 0 saturated carbocycles. The summed E-state index contributed by atoms with van der Waals surface area (Å²) in [6.45, 7) is 8.12. The maximum Gasteiger partial charge on any atom is 0.239 e. The Labute approximate surface area is 93.0 Å². The normalized spacial score (nSPS) is 26.1. The Balaban J connectivity index is 2.51. The zero-order chi connectivity index (χ0) is 11.4. The highest BCUT2D eigenvalue weighted by Gasteiger charge is 2.27. The lowest BCUT2D eigenvalue weighted by Crippen LogP contribution is -2.50. The molecular formula is C12H24N2O. The van der Waals surface area contributed by atoms with Gasteiger partial charge in [0.15, 0.2) is 0 Å². The Hall–Kier alpha value is -0.570. The number of amides is 1. The topological polar surface area (TPSA) is 46.3 Å².